The molecule has 160 valence electrons. The van der Waals surface area contributed by atoms with Gasteiger partial charge in [0.2, 0.25) is 5.91 Å². The number of anilines is 3. The van der Waals surface area contributed by atoms with E-state index in [2.05, 4.69) is 16.0 Å². The van der Waals surface area contributed by atoms with Crippen LogP contribution in [0.25, 0.3) is 0 Å². The molecule has 6 nitrogen and oxygen atoms in total. The largest absolute Gasteiger partial charge is 0.494 e. The van der Waals surface area contributed by atoms with Crippen molar-refractivity contribution in [2.24, 2.45) is 0 Å². The van der Waals surface area contributed by atoms with Crippen molar-refractivity contribution >= 4 is 28.9 Å². The van der Waals surface area contributed by atoms with E-state index in [-0.39, 0.29) is 18.4 Å². The average molecular weight is 418 g/mol. The number of carbonyl (C=O) groups is 2. The molecule has 0 heterocycles. The van der Waals surface area contributed by atoms with Gasteiger partial charge in [-0.3, -0.25) is 9.59 Å². The Morgan fingerprint density at radius 2 is 1.55 bits per heavy atom. The van der Waals surface area contributed by atoms with Crippen molar-refractivity contribution in [3.05, 3.63) is 83.4 Å². The summed E-state index contributed by atoms with van der Waals surface area (Å²) in [4.78, 5) is 25.2. The van der Waals surface area contributed by atoms with Gasteiger partial charge >= 0.3 is 0 Å². The Balaban J connectivity index is 1.63. The molecule has 0 atom stereocenters. The molecule has 2 amide bonds. The third-order valence-corrected chi connectivity index (χ3v) is 4.91. The lowest BCUT2D eigenvalue weighted by molar-refractivity contribution is -0.114. The van der Waals surface area contributed by atoms with E-state index in [4.69, 9.17) is 4.74 Å². The molecule has 3 rings (SSSR count). The number of hydrogen-bond acceptors (Lipinski definition) is 4. The summed E-state index contributed by atoms with van der Waals surface area (Å²) in [6.07, 6.45) is 0. The van der Waals surface area contributed by atoms with E-state index < -0.39 is 0 Å². The molecule has 6 heteroatoms. The predicted octanol–water partition coefficient (Wildman–Crippen LogP) is 5.01. The molecule has 0 bridgehead atoms. The van der Waals surface area contributed by atoms with Crippen LogP contribution in [-0.4, -0.2) is 25.0 Å². The number of benzene rings is 3. The maximum atomic E-state index is 12.8. The van der Waals surface area contributed by atoms with E-state index in [1.54, 1.807) is 42.5 Å². The summed E-state index contributed by atoms with van der Waals surface area (Å²) in [6.45, 7) is 6.52. The summed E-state index contributed by atoms with van der Waals surface area (Å²) in [5, 5.41) is 8.85. The fourth-order valence-corrected chi connectivity index (χ4v) is 3.09. The first-order valence-corrected chi connectivity index (χ1v) is 10.2. The van der Waals surface area contributed by atoms with Crippen LogP contribution in [0.5, 0.6) is 5.75 Å². The van der Waals surface area contributed by atoms with Gasteiger partial charge in [-0.05, 0) is 74.4 Å². The monoisotopic (exact) mass is 417 g/mol. The van der Waals surface area contributed by atoms with Gasteiger partial charge in [0.15, 0.2) is 0 Å². The molecule has 0 unspecified atom stereocenters. The quantitative estimate of drug-likeness (QED) is 0.482. The Morgan fingerprint density at radius 3 is 2.29 bits per heavy atom. The molecule has 3 aromatic carbocycles. The lowest BCUT2D eigenvalue weighted by atomic mass is 10.1. The summed E-state index contributed by atoms with van der Waals surface area (Å²) >= 11 is 0. The first-order chi connectivity index (χ1) is 15.0. The molecule has 31 heavy (non-hydrogen) atoms. The van der Waals surface area contributed by atoms with Crippen molar-refractivity contribution in [1.29, 1.82) is 0 Å². The average Bonchev–Trinajstić information content (AvgIpc) is 2.77. The number of nitrogens with one attached hydrogen (secondary N) is 3. The van der Waals surface area contributed by atoms with Crippen LogP contribution >= 0.6 is 0 Å². The number of para-hydroxylation sites is 1. The van der Waals surface area contributed by atoms with Gasteiger partial charge in [-0.25, -0.2) is 0 Å². The molecule has 0 fully saturated rings. The third kappa shape index (κ3) is 5.85. The molecular weight excluding hydrogens is 390 g/mol. The van der Waals surface area contributed by atoms with Gasteiger partial charge in [-0.15, -0.1) is 0 Å². The number of aryl methyl sites for hydroxylation is 1. The van der Waals surface area contributed by atoms with Gasteiger partial charge in [0.1, 0.15) is 5.75 Å². The molecule has 0 spiro atoms. The van der Waals surface area contributed by atoms with Gasteiger partial charge in [0.05, 0.1) is 18.7 Å². The molecule has 3 N–H and O–H groups in total. The first-order valence-electron chi connectivity index (χ1n) is 10.2. The third-order valence-electron chi connectivity index (χ3n) is 4.91. The molecule has 0 aliphatic carbocycles. The number of amides is 2. The minimum absolute atomic E-state index is 0.0424. The highest BCUT2D eigenvalue weighted by Crippen LogP contribution is 2.20. The second-order valence-corrected chi connectivity index (χ2v) is 7.11. The summed E-state index contributed by atoms with van der Waals surface area (Å²) in [5.41, 5.74) is 4.63. The molecule has 3 aromatic rings. The van der Waals surface area contributed by atoms with Gasteiger partial charge < -0.3 is 20.7 Å². The molecule has 0 aliphatic heterocycles. The SMILES string of the molecule is CCOc1ccc(NC(=O)c2ccccc2NCC(=O)Nc2cccc(C)c2C)cc1. The summed E-state index contributed by atoms with van der Waals surface area (Å²) in [5.74, 6) is 0.301. The normalized spacial score (nSPS) is 10.3. The Bertz CT molecular complexity index is 1060. The Hall–Kier alpha value is -3.80. The van der Waals surface area contributed by atoms with Crippen molar-refractivity contribution < 1.29 is 14.3 Å². The molecule has 0 saturated carbocycles. The molecule has 0 radical (unpaired) electrons. The molecule has 0 aromatic heterocycles. The van der Waals surface area contributed by atoms with Crippen LogP contribution in [0.1, 0.15) is 28.4 Å². The van der Waals surface area contributed by atoms with Crippen molar-refractivity contribution in [3.63, 3.8) is 0 Å². The van der Waals surface area contributed by atoms with Crippen LogP contribution < -0.4 is 20.7 Å². The standard InChI is InChI=1S/C25H27N3O3/c1-4-31-20-14-12-19(13-15-20)27-25(30)21-9-5-6-10-23(21)26-16-24(29)28-22-11-7-8-17(2)18(22)3/h5-15,26H,4,16H2,1-3H3,(H,27,30)(H,28,29). The molecule has 0 aliphatic rings. The van der Waals surface area contributed by atoms with Crippen LogP contribution in [-0.2, 0) is 4.79 Å². The van der Waals surface area contributed by atoms with E-state index in [1.807, 2.05) is 45.0 Å². The van der Waals surface area contributed by atoms with Crippen LogP contribution in [0, 0.1) is 13.8 Å². The van der Waals surface area contributed by atoms with E-state index in [1.165, 1.54) is 0 Å². The van der Waals surface area contributed by atoms with Crippen molar-refractivity contribution in [2.45, 2.75) is 20.8 Å². The number of carbonyl (C=O) groups excluding carboxylic acids is 2. The minimum atomic E-state index is -0.262. The Kier molecular flexibility index (Phi) is 7.27. The fraction of sp³-hybridized carbons (Fsp3) is 0.200. The number of ether oxygens (including phenoxy) is 1. The smallest absolute Gasteiger partial charge is 0.257 e. The summed E-state index contributed by atoms with van der Waals surface area (Å²) < 4.78 is 5.42. The lowest BCUT2D eigenvalue weighted by Gasteiger charge is -2.14. The van der Waals surface area contributed by atoms with E-state index >= 15 is 0 Å². The lowest BCUT2D eigenvalue weighted by Crippen LogP contribution is -2.23. The highest BCUT2D eigenvalue weighted by atomic mass is 16.5. The highest BCUT2D eigenvalue weighted by molar-refractivity contribution is 6.08. The molecule has 0 saturated heterocycles. The van der Waals surface area contributed by atoms with Crippen molar-refractivity contribution in [2.75, 3.05) is 29.1 Å². The Labute approximate surface area is 182 Å². The predicted molar refractivity (Wildman–Crippen MR) is 125 cm³/mol. The van der Waals surface area contributed by atoms with Crippen LogP contribution in [0.2, 0.25) is 0 Å². The Morgan fingerprint density at radius 1 is 0.839 bits per heavy atom. The van der Waals surface area contributed by atoms with E-state index in [0.29, 0.717) is 23.5 Å². The van der Waals surface area contributed by atoms with Gasteiger partial charge in [-0.1, -0.05) is 24.3 Å². The number of hydrogen-bond donors (Lipinski definition) is 3. The van der Waals surface area contributed by atoms with Crippen LogP contribution in [0.4, 0.5) is 17.1 Å². The number of rotatable bonds is 8. The zero-order chi connectivity index (χ0) is 22.2. The maximum Gasteiger partial charge on any atom is 0.257 e. The zero-order valence-corrected chi connectivity index (χ0v) is 18.0. The van der Waals surface area contributed by atoms with Crippen molar-refractivity contribution in [1.82, 2.24) is 0 Å². The van der Waals surface area contributed by atoms with Gasteiger partial charge in [0, 0.05) is 17.1 Å². The topological polar surface area (TPSA) is 79.5 Å². The fourth-order valence-electron chi connectivity index (χ4n) is 3.09. The van der Waals surface area contributed by atoms with E-state index in [9.17, 15) is 9.59 Å². The second-order valence-electron chi connectivity index (χ2n) is 7.11. The molecular formula is C25H27N3O3. The van der Waals surface area contributed by atoms with Gasteiger partial charge in [0.25, 0.3) is 5.91 Å². The van der Waals surface area contributed by atoms with Crippen molar-refractivity contribution in [3.8, 4) is 5.75 Å². The second kappa shape index (κ2) is 10.3. The van der Waals surface area contributed by atoms with Gasteiger partial charge in [-0.2, -0.15) is 0 Å². The maximum absolute atomic E-state index is 12.8. The van der Waals surface area contributed by atoms with Crippen LogP contribution in [0.15, 0.2) is 66.7 Å². The highest BCUT2D eigenvalue weighted by Gasteiger charge is 2.13. The van der Waals surface area contributed by atoms with E-state index in [0.717, 1.165) is 22.6 Å². The zero-order valence-electron chi connectivity index (χ0n) is 18.0. The van der Waals surface area contributed by atoms with Crippen LogP contribution in [0.3, 0.4) is 0 Å². The minimum Gasteiger partial charge on any atom is -0.494 e. The summed E-state index contributed by atoms with van der Waals surface area (Å²) in [7, 11) is 0. The summed E-state index contributed by atoms with van der Waals surface area (Å²) in [6, 6.07) is 20.1. The first kappa shape index (κ1) is 21.9.